The standard InChI is InChI=1S/C14H18O3/c1-10-7-12-13(17-6-2-5-16-12)8-11(10)9-14(15)3-4-14/h7-8,15H,2-6,9H2,1H3. The first-order chi connectivity index (χ1) is 8.16. The Morgan fingerprint density at radius 2 is 1.82 bits per heavy atom. The number of benzene rings is 1. The van der Waals surface area contributed by atoms with E-state index < -0.39 is 5.60 Å². The van der Waals surface area contributed by atoms with Crippen molar-refractivity contribution in [2.24, 2.45) is 0 Å². The molecule has 0 unspecified atom stereocenters. The third-order valence-corrected chi connectivity index (χ3v) is 3.55. The summed E-state index contributed by atoms with van der Waals surface area (Å²) in [6.07, 6.45) is 3.49. The molecule has 1 aliphatic heterocycles. The molecule has 1 N–H and O–H groups in total. The molecule has 17 heavy (non-hydrogen) atoms. The molecular formula is C14H18O3. The van der Waals surface area contributed by atoms with Crippen molar-refractivity contribution in [1.82, 2.24) is 0 Å². The molecule has 0 spiro atoms. The van der Waals surface area contributed by atoms with Crippen LogP contribution in [0.4, 0.5) is 0 Å². The van der Waals surface area contributed by atoms with Gasteiger partial charge in [-0.25, -0.2) is 0 Å². The predicted octanol–water partition coefficient (Wildman–Crippen LogP) is 2.22. The van der Waals surface area contributed by atoms with Crippen molar-refractivity contribution in [3.8, 4) is 11.5 Å². The second-order valence-electron chi connectivity index (χ2n) is 5.18. The van der Waals surface area contributed by atoms with E-state index in [9.17, 15) is 5.11 Å². The molecule has 2 aliphatic rings. The third-order valence-electron chi connectivity index (χ3n) is 3.55. The van der Waals surface area contributed by atoms with Crippen molar-refractivity contribution in [1.29, 1.82) is 0 Å². The monoisotopic (exact) mass is 234 g/mol. The van der Waals surface area contributed by atoms with Crippen molar-refractivity contribution >= 4 is 0 Å². The summed E-state index contributed by atoms with van der Waals surface area (Å²) in [5.74, 6) is 1.67. The number of fused-ring (bicyclic) bond motifs is 1. The minimum atomic E-state index is -0.454. The molecule has 0 aromatic heterocycles. The van der Waals surface area contributed by atoms with Crippen LogP contribution in [0.25, 0.3) is 0 Å². The Balaban J connectivity index is 1.91. The van der Waals surface area contributed by atoms with Gasteiger partial charge in [0.1, 0.15) is 0 Å². The smallest absolute Gasteiger partial charge is 0.161 e. The fraction of sp³-hybridized carbons (Fsp3) is 0.571. The van der Waals surface area contributed by atoms with Crippen LogP contribution in [-0.2, 0) is 6.42 Å². The van der Waals surface area contributed by atoms with Crippen LogP contribution >= 0.6 is 0 Å². The van der Waals surface area contributed by atoms with Crippen LogP contribution < -0.4 is 9.47 Å². The third kappa shape index (κ3) is 2.25. The number of hydrogen-bond acceptors (Lipinski definition) is 3. The van der Waals surface area contributed by atoms with E-state index in [1.54, 1.807) is 0 Å². The molecule has 0 amide bonds. The number of aryl methyl sites for hydroxylation is 1. The molecular weight excluding hydrogens is 216 g/mol. The minimum Gasteiger partial charge on any atom is -0.490 e. The molecule has 1 saturated carbocycles. The lowest BCUT2D eigenvalue weighted by Gasteiger charge is -2.14. The highest BCUT2D eigenvalue weighted by Gasteiger charge is 2.40. The van der Waals surface area contributed by atoms with Crippen molar-refractivity contribution in [3.05, 3.63) is 23.3 Å². The van der Waals surface area contributed by atoms with Gasteiger partial charge in [0, 0.05) is 12.8 Å². The zero-order valence-electron chi connectivity index (χ0n) is 10.2. The van der Waals surface area contributed by atoms with Gasteiger partial charge in [0.15, 0.2) is 11.5 Å². The number of hydrogen-bond donors (Lipinski definition) is 1. The maximum atomic E-state index is 9.99. The Hall–Kier alpha value is -1.22. The summed E-state index contributed by atoms with van der Waals surface area (Å²) in [6.45, 7) is 3.49. The fourth-order valence-corrected chi connectivity index (χ4v) is 2.22. The van der Waals surface area contributed by atoms with Gasteiger partial charge in [-0.1, -0.05) is 0 Å². The molecule has 1 heterocycles. The van der Waals surface area contributed by atoms with E-state index in [0.717, 1.165) is 43.8 Å². The summed E-state index contributed by atoms with van der Waals surface area (Å²) >= 11 is 0. The molecule has 3 nitrogen and oxygen atoms in total. The van der Waals surface area contributed by atoms with Gasteiger partial charge in [-0.2, -0.15) is 0 Å². The van der Waals surface area contributed by atoms with Crippen molar-refractivity contribution < 1.29 is 14.6 Å². The van der Waals surface area contributed by atoms with Gasteiger partial charge in [-0.05, 0) is 43.0 Å². The second-order valence-corrected chi connectivity index (χ2v) is 5.18. The average Bonchev–Trinajstić information content (AvgIpc) is 3.04. The zero-order valence-corrected chi connectivity index (χ0v) is 10.2. The molecule has 3 heteroatoms. The normalized spacial score (nSPS) is 20.8. The molecule has 1 fully saturated rings. The summed E-state index contributed by atoms with van der Waals surface area (Å²) in [4.78, 5) is 0. The van der Waals surface area contributed by atoms with E-state index in [1.165, 1.54) is 11.1 Å². The Bertz CT molecular complexity index is 435. The first-order valence-electron chi connectivity index (χ1n) is 6.28. The van der Waals surface area contributed by atoms with E-state index in [1.807, 2.05) is 12.1 Å². The van der Waals surface area contributed by atoms with Crippen LogP contribution in [-0.4, -0.2) is 23.9 Å². The van der Waals surface area contributed by atoms with Crippen molar-refractivity contribution in [3.63, 3.8) is 0 Å². The van der Waals surface area contributed by atoms with Gasteiger partial charge in [0.05, 0.1) is 18.8 Å². The van der Waals surface area contributed by atoms with Gasteiger partial charge < -0.3 is 14.6 Å². The van der Waals surface area contributed by atoms with E-state index >= 15 is 0 Å². The van der Waals surface area contributed by atoms with Gasteiger partial charge in [0.2, 0.25) is 0 Å². The SMILES string of the molecule is Cc1cc2c(cc1CC1(O)CC1)OCCCO2. The lowest BCUT2D eigenvalue weighted by molar-refractivity contribution is 0.150. The van der Waals surface area contributed by atoms with Crippen molar-refractivity contribution in [2.75, 3.05) is 13.2 Å². The molecule has 92 valence electrons. The van der Waals surface area contributed by atoms with Gasteiger partial charge in [-0.3, -0.25) is 0 Å². The molecule has 0 bridgehead atoms. The fourth-order valence-electron chi connectivity index (χ4n) is 2.22. The van der Waals surface area contributed by atoms with Gasteiger partial charge in [0.25, 0.3) is 0 Å². The number of ether oxygens (including phenoxy) is 2. The number of rotatable bonds is 2. The summed E-state index contributed by atoms with van der Waals surface area (Å²) < 4.78 is 11.3. The maximum Gasteiger partial charge on any atom is 0.161 e. The highest BCUT2D eigenvalue weighted by atomic mass is 16.5. The van der Waals surface area contributed by atoms with E-state index in [-0.39, 0.29) is 0 Å². The van der Waals surface area contributed by atoms with Crippen LogP contribution in [0, 0.1) is 6.92 Å². The molecule has 1 aromatic carbocycles. The summed E-state index contributed by atoms with van der Waals surface area (Å²) in [5.41, 5.74) is 1.90. The first kappa shape index (κ1) is 10.9. The topological polar surface area (TPSA) is 38.7 Å². The molecule has 0 atom stereocenters. The van der Waals surface area contributed by atoms with Crippen molar-refractivity contribution in [2.45, 2.75) is 38.2 Å². The van der Waals surface area contributed by atoms with Crippen LogP contribution in [0.5, 0.6) is 11.5 Å². The van der Waals surface area contributed by atoms with Gasteiger partial charge >= 0.3 is 0 Å². The van der Waals surface area contributed by atoms with Crippen LogP contribution in [0.1, 0.15) is 30.4 Å². The molecule has 0 radical (unpaired) electrons. The van der Waals surface area contributed by atoms with E-state index in [0.29, 0.717) is 6.61 Å². The number of aliphatic hydroxyl groups is 1. The Labute approximate surface area is 101 Å². The van der Waals surface area contributed by atoms with E-state index in [2.05, 4.69) is 6.92 Å². The molecule has 3 rings (SSSR count). The second kappa shape index (κ2) is 3.91. The van der Waals surface area contributed by atoms with Crippen LogP contribution in [0.3, 0.4) is 0 Å². The summed E-state index contributed by atoms with van der Waals surface area (Å²) in [6, 6.07) is 4.06. The average molecular weight is 234 g/mol. The van der Waals surface area contributed by atoms with E-state index in [4.69, 9.17) is 9.47 Å². The minimum absolute atomic E-state index is 0.454. The largest absolute Gasteiger partial charge is 0.490 e. The highest BCUT2D eigenvalue weighted by molar-refractivity contribution is 5.48. The lowest BCUT2D eigenvalue weighted by atomic mass is 10.0. The van der Waals surface area contributed by atoms with Crippen LogP contribution in [0.15, 0.2) is 12.1 Å². The molecule has 1 aromatic rings. The Kier molecular flexibility index (Phi) is 2.51. The first-order valence-corrected chi connectivity index (χ1v) is 6.28. The maximum absolute atomic E-state index is 9.99. The highest BCUT2D eigenvalue weighted by Crippen LogP contribution is 2.41. The van der Waals surface area contributed by atoms with Crippen LogP contribution in [0.2, 0.25) is 0 Å². The summed E-state index contributed by atoms with van der Waals surface area (Å²) in [5, 5.41) is 9.99. The van der Waals surface area contributed by atoms with Gasteiger partial charge in [-0.15, -0.1) is 0 Å². The zero-order chi connectivity index (χ0) is 11.9. The molecule has 0 saturated heterocycles. The Morgan fingerprint density at radius 1 is 1.18 bits per heavy atom. The molecule has 1 aliphatic carbocycles. The Morgan fingerprint density at radius 3 is 2.47 bits per heavy atom. The lowest BCUT2D eigenvalue weighted by Crippen LogP contribution is -2.12. The quantitative estimate of drug-likeness (QED) is 0.852. The predicted molar refractivity (Wildman–Crippen MR) is 64.7 cm³/mol. The summed E-state index contributed by atoms with van der Waals surface area (Å²) in [7, 11) is 0.